The van der Waals surface area contributed by atoms with E-state index in [2.05, 4.69) is 51.0 Å². The standard InChI is InChI=1S/C27H28N6O/c1-2-24(21-10-4-3-5-11-21)33-25(34)17-22-18-29-27(31-26(22)33)30-23-12-6-8-20(16-23)9-7-14-32-15-13-28-19-32/h3-6,8,10-13,15-16,18-19,24H,2,7,9,14,17H2,1H3,(H,29,30,31). The number of imidazole rings is 1. The van der Waals surface area contributed by atoms with Crippen LogP contribution < -0.4 is 10.2 Å². The van der Waals surface area contributed by atoms with E-state index in [0.717, 1.165) is 42.6 Å². The van der Waals surface area contributed by atoms with E-state index in [-0.39, 0.29) is 11.9 Å². The number of nitrogens with zero attached hydrogens (tertiary/aromatic N) is 5. The fraction of sp³-hybridized carbons (Fsp3) is 0.259. The topological polar surface area (TPSA) is 75.9 Å². The Labute approximate surface area is 199 Å². The van der Waals surface area contributed by atoms with E-state index in [0.29, 0.717) is 18.2 Å². The minimum atomic E-state index is -0.0449. The molecule has 1 aliphatic heterocycles. The summed E-state index contributed by atoms with van der Waals surface area (Å²) >= 11 is 0. The molecule has 1 unspecified atom stereocenters. The van der Waals surface area contributed by atoms with Gasteiger partial charge in [-0.2, -0.15) is 4.98 Å². The maximum absolute atomic E-state index is 12.9. The van der Waals surface area contributed by atoms with Crippen molar-refractivity contribution in [2.45, 2.75) is 45.2 Å². The van der Waals surface area contributed by atoms with Gasteiger partial charge in [0, 0.05) is 36.4 Å². The van der Waals surface area contributed by atoms with Crippen molar-refractivity contribution in [2.24, 2.45) is 0 Å². The van der Waals surface area contributed by atoms with Crippen molar-refractivity contribution < 1.29 is 4.79 Å². The van der Waals surface area contributed by atoms with E-state index in [4.69, 9.17) is 4.98 Å². The Balaban J connectivity index is 1.32. The zero-order valence-electron chi connectivity index (χ0n) is 19.3. The largest absolute Gasteiger partial charge is 0.337 e. The molecule has 2 aromatic carbocycles. The van der Waals surface area contributed by atoms with Crippen LogP contribution in [0, 0.1) is 0 Å². The van der Waals surface area contributed by atoms with Crippen LogP contribution in [-0.2, 0) is 24.2 Å². The zero-order chi connectivity index (χ0) is 23.3. The van der Waals surface area contributed by atoms with Crippen LogP contribution in [0.25, 0.3) is 0 Å². The van der Waals surface area contributed by atoms with E-state index < -0.39 is 0 Å². The van der Waals surface area contributed by atoms with Crippen molar-refractivity contribution in [1.82, 2.24) is 19.5 Å². The van der Waals surface area contributed by atoms with Crippen LogP contribution in [0.2, 0.25) is 0 Å². The molecule has 1 N–H and O–H groups in total. The number of carbonyl (C=O) groups excluding carboxylic acids is 1. The van der Waals surface area contributed by atoms with Gasteiger partial charge in [0.05, 0.1) is 18.8 Å². The average Bonchev–Trinajstić information content (AvgIpc) is 3.49. The summed E-state index contributed by atoms with van der Waals surface area (Å²) in [6, 6.07) is 18.4. The Morgan fingerprint density at radius 1 is 1.12 bits per heavy atom. The van der Waals surface area contributed by atoms with Crippen LogP contribution >= 0.6 is 0 Å². The monoisotopic (exact) mass is 452 g/mol. The van der Waals surface area contributed by atoms with E-state index in [1.807, 2.05) is 47.8 Å². The Morgan fingerprint density at radius 3 is 2.79 bits per heavy atom. The lowest BCUT2D eigenvalue weighted by Crippen LogP contribution is -2.32. The van der Waals surface area contributed by atoms with Gasteiger partial charge in [-0.05, 0) is 42.5 Å². The van der Waals surface area contributed by atoms with Gasteiger partial charge in [-0.1, -0.05) is 49.4 Å². The lowest BCUT2D eigenvalue weighted by molar-refractivity contribution is -0.117. The maximum Gasteiger partial charge on any atom is 0.233 e. The van der Waals surface area contributed by atoms with Crippen molar-refractivity contribution in [3.63, 3.8) is 0 Å². The van der Waals surface area contributed by atoms with Gasteiger partial charge in [-0.3, -0.25) is 9.69 Å². The van der Waals surface area contributed by atoms with Crippen molar-refractivity contribution >= 4 is 23.4 Å². The van der Waals surface area contributed by atoms with Gasteiger partial charge in [0.15, 0.2) is 0 Å². The average molecular weight is 453 g/mol. The fourth-order valence-corrected chi connectivity index (χ4v) is 4.54. The van der Waals surface area contributed by atoms with Crippen LogP contribution in [0.1, 0.15) is 42.5 Å². The molecule has 0 saturated heterocycles. The molecule has 0 fully saturated rings. The lowest BCUT2D eigenvalue weighted by atomic mass is 10.0. The molecule has 0 spiro atoms. The highest BCUT2D eigenvalue weighted by molar-refractivity contribution is 6.01. The molecular formula is C27H28N6O. The molecule has 172 valence electrons. The van der Waals surface area contributed by atoms with Gasteiger partial charge in [0.25, 0.3) is 0 Å². The van der Waals surface area contributed by atoms with Crippen molar-refractivity contribution in [3.05, 3.63) is 96.2 Å². The number of benzene rings is 2. The highest BCUT2D eigenvalue weighted by Gasteiger charge is 2.35. The van der Waals surface area contributed by atoms with Crippen LogP contribution in [0.4, 0.5) is 17.5 Å². The first kappa shape index (κ1) is 21.8. The minimum Gasteiger partial charge on any atom is -0.337 e. The summed E-state index contributed by atoms with van der Waals surface area (Å²) in [6.45, 7) is 3.04. The van der Waals surface area contributed by atoms with Crippen LogP contribution in [-0.4, -0.2) is 25.4 Å². The van der Waals surface area contributed by atoms with Crippen molar-refractivity contribution in [2.75, 3.05) is 10.2 Å². The van der Waals surface area contributed by atoms with E-state index in [1.54, 1.807) is 12.4 Å². The summed E-state index contributed by atoms with van der Waals surface area (Å²) in [4.78, 5) is 28.1. The van der Waals surface area contributed by atoms with Crippen molar-refractivity contribution in [3.8, 4) is 0 Å². The Bertz CT molecular complexity index is 1260. The highest BCUT2D eigenvalue weighted by atomic mass is 16.2. The Kier molecular flexibility index (Phi) is 6.33. The van der Waals surface area contributed by atoms with Crippen LogP contribution in [0.5, 0.6) is 0 Å². The maximum atomic E-state index is 12.9. The molecule has 34 heavy (non-hydrogen) atoms. The second-order valence-corrected chi connectivity index (χ2v) is 8.55. The second-order valence-electron chi connectivity index (χ2n) is 8.55. The highest BCUT2D eigenvalue weighted by Crippen LogP contribution is 2.36. The molecule has 2 aromatic heterocycles. The quantitative estimate of drug-likeness (QED) is 0.383. The number of rotatable bonds is 9. The Hall–Kier alpha value is -4.00. The van der Waals surface area contributed by atoms with E-state index >= 15 is 0 Å². The molecule has 0 bridgehead atoms. The van der Waals surface area contributed by atoms with Gasteiger partial charge in [-0.15, -0.1) is 0 Å². The second kappa shape index (κ2) is 9.87. The van der Waals surface area contributed by atoms with E-state index in [1.165, 1.54) is 5.56 Å². The normalized spacial score (nSPS) is 13.7. The number of amides is 1. The number of hydrogen-bond acceptors (Lipinski definition) is 5. The summed E-state index contributed by atoms with van der Waals surface area (Å²) in [7, 11) is 0. The molecular weight excluding hydrogens is 424 g/mol. The van der Waals surface area contributed by atoms with Gasteiger partial charge < -0.3 is 9.88 Å². The SMILES string of the molecule is CCC(c1ccccc1)N1C(=O)Cc2cnc(Nc3cccc(CCCn4ccnc4)c3)nc21. The van der Waals surface area contributed by atoms with Gasteiger partial charge in [0.1, 0.15) is 5.82 Å². The summed E-state index contributed by atoms with van der Waals surface area (Å²) in [6.07, 6.45) is 10.6. The number of aryl methyl sites for hydroxylation is 2. The molecule has 0 saturated carbocycles. The number of aromatic nitrogens is 4. The molecule has 1 amide bonds. The van der Waals surface area contributed by atoms with Crippen LogP contribution in [0.15, 0.2) is 79.5 Å². The molecule has 0 radical (unpaired) electrons. The number of hydrogen-bond donors (Lipinski definition) is 1. The molecule has 7 nitrogen and oxygen atoms in total. The van der Waals surface area contributed by atoms with E-state index in [9.17, 15) is 4.79 Å². The number of carbonyl (C=O) groups is 1. The summed E-state index contributed by atoms with van der Waals surface area (Å²) in [5.41, 5.74) is 4.17. The third-order valence-electron chi connectivity index (χ3n) is 6.19. The summed E-state index contributed by atoms with van der Waals surface area (Å²) < 4.78 is 2.09. The van der Waals surface area contributed by atoms with Crippen molar-refractivity contribution in [1.29, 1.82) is 0 Å². The third-order valence-corrected chi connectivity index (χ3v) is 6.19. The first-order valence-corrected chi connectivity index (χ1v) is 11.8. The molecule has 4 aromatic rings. The van der Waals surface area contributed by atoms with Crippen LogP contribution in [0.3, 0.4) is 0 Å². The number of nitrogens with one attached hydrogen (secondary N) is 1. The number of anilines is 3. The summed E-state index contributed by atoms with van der Waals surface area (Å²) in [5.74, 6) is 1.27. The molecule has 1 aliphatic rings. The smallest absolute Gasteiger partial charge is 0.233 e. The molecule has 0 aliphatic carbocycles. The van der Waals surface area contributed by atoms with Gasteiger partial charge in [0.2, 0.25) is 11.9 Å². The Morgan fingerprint density at radius 2 is 2.00 bits per heavy atom. The molecule has 5 rings (SSSR count). The minimum absolute atomic E-state index is 0.0449. The van der Waals surface area contributed by atoms with Gasteiger partial charge >= 0.3 is 0 Å². The molecule has 7 heteroatoms. The lowest BCUT2D eigenvalue weighted by Gasteiger charge is -2.27. The fourth-order valence-electron chi connectivity index (χ4n) is 4.54. The first-order chi connectivity index (χ1) is 16.7. The third kappa shape index (κ3) is 4.69. The predicted molar refractivity (Wildman–Crippen MR) is 133 cm³/mol. The summed E-state index contributed by atoms with van der Waals surface area (Å²) in [5, 5.41) is 3.33. The zero-order valence-corrected chi connectivity index (χ0v) is 19.3. The molecule has 3 heterocycles. The first-order valence-electron chi connectivity index (χ1n) is 11.8. The molecule has 1 atom stereocenters. The number of fused-ring (bicyclic) bond motifs is 1. The predicted octanol–water partition coefficient (Wildman–Crippen LogP) is 5.09. The van der Waals surface area contributed by atoms with Gasteiger partial charge in [-0.25, -0.2) is 9.97 Å².